The predicted molar refractivity (Wildman–Crippen MR) is 97.9 cm³/mol. The van der Waals surface area contributed by atoms with Crippen LogP contribution in [0, 0.1) is 0 Å². The van der Waals surface area contributed by atoms with Crippen molar-refractivity contribution < 1.29 is 14.2 Å². The van der Waals surface area contributed by atoms with Gasteiger partial charge in [0.15, 0.2) is 11.5 Å². The third-order valence-electron chi connectivity index (χ3n) is 4.12. The van der Waals surface area contributed by atoms with Gasteiger partial charge in [-0.25, -0.2) is 0 Å². The molecule has 3 aromatic rings. The molecule has 0 radical (unpaired) electrons. The van der Waals surface area contributed by atoms with Gasteiger partial charge in [0.2, 0.25) is 5.75 Å². The van der Waals surface area contributed by atoms with Crippen molar-refractivity contribution in [2.45, 2.75) is 0 Å². The van der Waals surface area contributed by atoms with Gasteiger partial charge in [0.1, 0.15) is 0 Å². The maximum atomic E-state index is 5.40. The average Bonchev–Trinajstić information content (AvgIpc) is 2.95. The highest BCUT2D eigenvalue weighted by molar-refractivity contribution is 5.85. The molecule has 0 spiro atoms. The molecule has 3 rings (SSSR count). The molecule has 0 saturated carbocycles. The molecule has 1 heterocycles. The van der Waals surface area contributed by atoms with Crippen LogP contribution in [0.2, 0.25) is 0 Å². The summed E-state index contributed by atoms with van der Waals surface area (Å²) in [7, 11) is 6.91. The monoisotopic (exact) mass is 323 g/mol. The van der Waals surface area contributed by atoms with Gasteiger partial charge in [-0.3, -0.25) is 0 Å². The van der Waals surface area contributed by atoms with Gasteiger partial charge in [-0.15, -0.1) is 0 Å². The minimum absolute atomic E-state index is 0.599. The van der Waals surface area contributed by atoms with E-state index in [9.17, 15) is 0 Å². The van der Waals surface area contributed by atoms with Crippen LogP contribution in [0.3, 0.4) is 0 Å². The fourth-order valence-corrected chi connectivity index (χ4v) is 2.85. The molecule has 1 aromatic heterocycles. The highest BCUT2D eigenvalue weighted by Crippen LogP contribution is 2.38. The predicted octanol–water partition coefficient (Wildman–Crippen LogP) is 4.37. The zero-order chi connectivity index (χ0) is 17.1. The highest BCUT2D eigenvalue weighted by atomic mass is 16.5. The van der Waals surface area contributed by atoms with E-state index in [2.05, 4.69) is 48.0 Å². The van der Waals surface area contributed by atoms with E-state index in [1.807, 2.05) is 18.2 Å². The normalized spacial score (nSPS) is 11.2. The molecule has 2 aromatic carbocycles. The number of benzene rings is 2. The second kappa shape index (κ2) is 6.71. The largest absolute Gasteiger partial charge is 0.493 e. The standard InChI is InChI=1S/C20H21NO3/c1-21-16(13-15-7-5-6-8-17(15)21)10-9-14-11-18(22-2)20(24-4)19(12-14)23-3/h5-13H,1-4H3/b10-9-. The Morgan fingerprint density at radius 3 is 2.08 bits per heavy atom. The lowest BCUT2D eigenvalue weighted by Crippen LogP contribution is -1.95. The minimum Gasteiger partial charge on any atom is -0.493 e. The molecule has 4 heteroatoms. The van der Waals surface area contributed by atoms with Crippen LogP contribution in [0.5, 0.6) is 17.2 Å². The van der Waals surface area contributed by atoms with Crippen LogP contribution < -0.4 is 14.2 Å². The van der Waals surface area contributed by atoms with Crippen LogP contribution in [0.4, 0.5) is 0 Å². The van der Waals surface area contributed by atoms with Crippen molar-refractivity contribution in [3.05, 3.63) is 53.7 Å². The Morgan fingerprint density at radius 2 is 1.50 bits per heavy atom. The van der Waals surface area contributed by atoms with E-state index < -0.39 is 0 Å². The molecular formula is C20H21NO3. The molecule has 0 fully saturated rings. The number of rotatable bonds is 5. The second-order valence-electron chi connectivity index (χ2n) is 5.48. The van der Waals surface area contributed by atoms with Crippen molar-refractivity contribution in [1.82, 2.24) is 4.57 Å². The molecule has 0 saturated heterocycles. The van der Waals surface area contributed by atoms with E-state index >= 15 is 0 Å². The van der Waals surface area contributed by atoms with Gasteiger partial charge in [0, 0.05) is 23.6 Å². The Bertz CT molecular complexity index is 868. The minimum atomic E-state index is 0.599. The lowest BCUT2D eigenvalue weighted by Gasteiger charge is -2.12. The molecule has 0 atom stereocenters. The van der Waals surface area contributed by atoms with E-state index in [0.717, 1.165) is 11.3 Å². The maximum absolute atomic E-state index is 5.40. The molecular weight excluding hydrogens is 302 g/mol. The quantitative estimate of drug-likeness (QED) is 0.699. The number of ether oxygens (including phenoxy) is 3. The first-order valence-corrected chi connectivity index (χ1v) is 7.70. The summed E-state index contributed by atoms with van der Waals surface area (Å²) in [5.74, 6) is 1.89. The Kier molecular flexibility index (Phi) is 4.47. The number of fused-ring (bicyclic) bond motifs is 1. The van der Waals surface area contributed by atoms with Gasteiger partial charge in [-0.05, 0) is 35.9 Å². The van der Waals surface area contributed by atoms with Crippen LogP contribution in [0.15, 0.2) is 42.5 Å². The third kappa shape index (κ3) is 2.83. The lowest BCUT2D eigenvalue weighted by molar-refractivity contribution is 0.324. The molecule has 4 nitrogen and oxygen atoms in total. The zero-order valence-corrected chi connectivity index (χ0v) is 14.4. The fourth-order valence-electron chi connectivity index (χ4n) is 2.85. The van der Waals surface area contributed by atoms with Crippen LogP contribution in [-0.4, -0.2) is 25.9 Å². The summed E-state index contributed by atoms with van der Waals surface area (Å²) in [6, 6.07) is 14.4. The summed E-state index contributed by atoms with van der Waals surface area (Å²) in [5.41, 5.74) is 3.32. The number of para-hydroxylation sites is 1. The van der Waals surface area contributed by atoms with Crippen molar-refractivity contribution in [3.8, 4) is 17.2 Å². The second-order valence-corrected chi connectivity index (χ2v) is 5.48. The van der Waals surface area contributed by atoms with Crippen molar-refractivity contribution in [2.75, 3.05) is 21.3 Å². The Balaban J connectivity index is 2.00. The van der Waals surface area contributed by atoms with E-state index in [4.69, 9.17) is 14.2 Å². The summed E-state index contributed by atoms with van der Waals surface area (Å²) < 4.78 is 18.3. The molecule has 0 unspecified atom stereocenters. The molecule has 0 aliphatic carbocycles. The van der Waals surface area contributed by atoms with Crippen molar-refractivity contribution in [1.29, 1.82) is 0 Å². The number of methoxy groups -OCH3 is 3. The van der Waals surface area contributed by atoms with Crippen LogP contribution in [0.1, 0.15) is 11.3 Å². The SMILES string of the molecule is COc1cc(/C=C\c2cc3ccccc3n2C)cc(OC)c1OC. The summed E-state index contributed by atoms with van der Waals surface area (Å²) >= 11 is 0. The maximum Gasteiger partial charge on any atom is 0.203 e. The van der Waals surface area contributed by atoms with Crippen molar-refractivity contribution in [3.63, 3.8) is 0 Å². The van der Waals surface area contributed by atoms with Gasteiger partial charge in [-0.1, -0.05) is 24.3 Å². The molecule has 0 aliphatic heterocycles. The summed E-state index contributed by atoms with van der Waals surface area (Å²) in [4.78, 5) is 0. The number of nitrogens with zero attached hydrogens (tertiary/aromatic N) is 1. The molecule has 0 bridgehead atoms. The summed E-state index contributed by atoms with van der Waals surface area (Å²) in [6.45, 7) is 0. The van der Waals surface area contributed by atoms with Crippen LogP contribution in [0.25, 0.3) is 23.1 Å². The van der Waals surface area contributed by atoms with Gasteiger partial charge < -0.3 is 18.8 Å². The first kappa shape index (κ1) is 16.0. The van der Waals surface area contributed by atoms with Gasteiger partial charge in [-0.2, -0.15) is 0 Å². The first-order valence-electron chi connectivity index (χ1n) is 7.70. The van der Waals surface area contributed by atoms with Crippen LogP contribution >= 0.6 is 0 Å². The third-order valence-corrected chi connectivity index (χ3v) is 4.12. The van der Waals surface area contributed by atoms with Gasteiger partial charge in [0.05, 0.1) is 21.3 Å². The number of hydrogen-bond acceptors (Lipinski definition) is 3. The smallest absolute Gasteiger partial charge is 0.203 e. The topological polar surface area (TPSA) is 32.6 Å². The Morgan fingerprint density at radius 1 is 0.833 bits per heavy atom. The number of aromatic nitrogens is 1. The van der Waals surface area contributed by atoms with E-state index in [1.165, 1.54) is 10.9 Å². The summed E-state index contributed by atoms with van der Waals surface area (Å²) in [5, 5.41) is 1.23. The van der Waals surface area contributed by atoms with Crippen molar-refractivity contribution in [2.24, 2.45) is 7.05 Å². The van der Waals surface area contributed by atoms with E-state index in [-0.39, 0.29) is 0 Å². The lowest BCUT2D eigenvalue weighted by atomic mass is 10.1. The zero-order valence-electron chi connectivity index (χ0n) is 14.4. The van der Waals surface area contributed by atoms with Crippen molar-refractivity contribution >= 4 is 23.1 Å². The van der Waals surface area contributed by atoms with Crippen LogP contribution in [-0.2, 0) is 7.05 Å². The highest BCUT2D eigenvalue weighted by Gasteiger charge is 2.12. The average molecular weight is 323 g/mol. The van der Waals surface area contributed by atoms with Gasteiger partial charge in [0.25, 0.3) is 0 Å². The molecule has 0 amide bonds. The molecule has 24 heavy (non-hydrogen) atoms. The Labute approximate surface area is 141 Å². The van der Waals surface area contributed by atoms with Gasteiger partial charge >= 0.3 is 0 Å². The molecule has 124 valence electrons. The summed E-state index contributed by atoms with van der Waals surface area (Å²) in [6.07, 6.45) is 4.12. The number of aryl methyl sites for hydroxylation is 1. The molecule has 0 N–H and O–H groups in total. The number of hydrogen-bond donors (Lipinski definition) is 0. The fraction of sp³-hybridized carbons (Fsp3) is 0.200. The molecule has 0 aliphatic rings. The van der Waals surface area contributed by atoms with E-state index in [0.29, 0.717) is 17.2 Å². The van der Waals surface area contributed by atoms with E-state index in [1.54, 1.807) is 21.3 Å². The first-order chi connectivity index (χ1) is 11.7. The Hall–Kier alpha value is -2.88.